The number of aromatic nitrogens is 4. The lowest BCUT2D eigenvalue weighted by molar-refractivity contribution is 0.399. The van der Waals surface area contributed by atoms with Crippen molar-refractivity contribution < 1.29 is 4.52 Å². The van der Waals surface area contributed by atoms with Gasteiger partial charge in [0.2, 0.25) is 5.95 Å². The van der Waals surface area contributed by atoms with E-state index in [9.17, 15) is 0 Å². The van der Waals surface area contributed by atoms with Crippen molar-refractivity contribution in [3.05, 3.63) is 11.8 Å². The Morgan fingerprint density at radius 1 is 1.42 bits per heavy atom. The van der Waals surface area contributed by atoms with E-state index in [2.05, 4.69) is 30.6 Å². The van der Waals surface area contributed by atoms with Gasteiger partial charge in [0.15, 0.2) is 11.5 Å². The zero-order valence-corrected chi connectivity index (χ0v) is 11.2. The fourth-order valence-electron chi connectivity index (χ4n) is 2.36. The molecule has 1 fully saturated rings. The van der Waals surface area contributed by atoms with Crippen molar-refractivity contribution in [2.75, 3.05) is 25.0 Å². The number of nitrogens with one attached hydrogen (secondary N) is 2. The van der Waals surface area contributed by atoms with E-state index in [0.717, 1.165) is 37.6 Å². The summed E-state index contributed by atoms with van der Waals surface area (Å²) in [5.41, 5.74) is 0.696. The van der Waals surface area contributed by atoms with Crippen LogP contribution in [0.15, 0.2) is 10.6 Å². The van der Waals surface area contributed by atoms with Crippen LogP contribution in [0.25, 0.3) is 11.5 Å². The first-order chi connectivity index (χ1) is 9.26. The zero-order chi connectivity index (χ0) is 13.2. The van der Waals surface area contributed by atoms with Gasteiger partial charge in [0.1, 0.15) is 5.76 Å². The van der Waals surface area contributed by atoms with Gasteiger partial charge in [0.25, 0.3) is 0 Å². The number of H-pyrrole nitrogens is 1. The summed E-state index contributed by atoms with van der Waals surface area (Å²) in [7, 11) is 2.01. The fraction of sp³-hybridized carbons (Fsp3) is 0.583. The van der Waals surface area contributed by atoms with Gasteiger partial charge in [0, 0.05) is 25.2 Å². The molecule has 0 atom stereocenters. The molecule has 0 amide bonds. The third-order valence-corrected chi connectivity index (χ3v) is 3.53. The van der Waals surface area contributed by atoms with E-state index in [1.165, 1.54) is 0 Å². The molecule has 1 aliphatic rings. The largest absolute Gasteiger partial charge is 0.361 e. The molecule has 7 heteroatoms. The Morgan fingerprint density at radius 3 is 2.84 bits per heavy atom. The van der Waals surface area contributed by atoms with Gasteiger partial charge >= 0.3 is 0 Å². The van der Waals surface area contributed by atoms with E-state index in [4.69, 9.17) is 4.52 Å². The molecule has 7 nitrogen and oxygen atoms in total. The quantitative estimate of drug-likeness (QED) is 0.857. The lowest BCUT2D eigenvalue weighted by Crippen LogP contribution is -2.41. The molecule has 1 saturated heterocycles. The van der Waals surface area contributed by atoms with Gasteiger partial charge in [-0.05, 0) is 26.8 Å². The molecule has 0 aromatic carbocycles. The average Bonchev–Trinajstić information content (AvgIpc) is 3.07. The maximum absolute atomic E-state index is 5.04. The highest BCUT2D eigenvalue weighted by molar-refractivity contribution is 5.50. The summed E-state index contributed by atoms with van der Waals surface area (Å²) in [5, 5.41) is 14.4. The predicted molar refractivity (Wildman–Crippen MR) is 70.9 cm³/mol. The van der Waals surface area contributed by atoms with Crippen LogP contribution in [0.1, 0.15) is 18.6 Å². The number of hydrogen-bond acceptors (Lipinski definition) is 6. The summed E-state index contributed by atoms with van der Waals surface area (Å²) < 4.78 is 5.04. The standard InChI is InChI=1S/C12H18N6O/c1-8-7-10(17-19-8)11-14-12(16-15-11)18-5-3-9(13-2)4-6-18/h7,9,13H,3-6H2,1-2H3,(H,14,15,16). The lowest BCUT2D eigenvalue weighted by Gasteiger charge is -2.30. The first kappa shape index (κ1) is 12.2. The molecule has 0 saturated carbocycles. The number of anilines is 1. The molecule has 3 heterocycles. The smallest absolute Gasteiger partial charge is 0.245 e. The molecule has 1 aliphatic heterocycles. The van der Waals surface area contributed by atoms with Gasteiger partial charge in [0.05, 0.1) is 0 Å². The van der Waals surface area contributed by atoms with Crippen molar-refractivity contribution in [2.45, 2.75) is 25.8 Å². The van der Waals surface area contributed by atoms with Crippen molar-refractivity contribution in [2.24, 2.45) is 0 Å². The fourth-order valence-corrected chi connectivity index (χ4v) is 2.36. The predicted octanol–water partition coefficient (Wildman–Crippen LogP) is 0.956. The van der Waals surface area contributed by atoms with Crippen molar-refractivity contribution in [1.82, 2.24) is 25.7 Å². The van der Waals surface area contributed by atoms with Crippen LogP contribution in [0.2, 0.25) is 0 Å². The Kier molecular flexibility index (Phi) is 3.20. The summed E-state index contributed by atoms with van der Waals surface area (Å²) in [6.45, 7) is 3.80. The minimum atomic E-state index is 0.604. The Morgan fingerprint density at radius 2 is 2.21 bits per heavy atom. The molecule has 2 N–H and O–H groups in total. The van der Waals surface area contributed by atoms with Crippen LogP contribution >= 0.6 is 0 Å². The number of nitrogens with zero attached hydrogens (tertiary/aromatic N) is 4. The normalized spacial score (nSPS) is 17.1. The van der Waals surface area contributed by atoms with Crippen molar-refractivity contribution in [3.63, 3.8) is 0 Å². The zero-order valence-electron chi connectivity index (χ0n) is 11.2. The third kappa shape index (κ3) is 2.46. The van der Waals surface area contributed by atoms with Crippen LogP contribution in [-0.2, 0) is 0 Å². The molecule has 19 heavy (non-hydrogen) atoms. The summed E-state index contributed by atoms with van der Waals surface area (Å²) in [6, 6.07) is 2.45. The number of aryl methyl sites for hydroxylation is 1. The molecule has 0 aliphatic carbocycles. The molecule has 0 radical (unpaired) electrons. The van der Waals surface area contributed by atoms with E-state index in [1.54, 1.807) is 0 Å². The Hall–Kier alpha value is -1.89. The van der Waals surface area contributed by atoms with E-state index in [-0.39, 0.29) is 0 Å². The van der Waals surface area contributed by atoms with Crippen LogP contribution in [0, 0.1) is 6.92 Å². The molecule has 0 spiro atoms. The lowest BCUT2D eigenvalue weighted by atomic mass is 10.1. The van der Waals surface area contributed by atoms with Gasteiger partial charge in [-0.15, -0.1) is 5.10 Å². The molecule has 0 unspecified atom stereocenters. The Balaban J connectivity index is 1.72. The monoisotopic (exact) mass is 262 g/mol. The van der Waals surface area contributed by atoms with Crippen LogP contribution in [0.5, 0.6) is 0 Å². The SMILES string of the molecule is CNC1CCN(c2n[nH]c(-c3cc(C)on3)n2)CC1. The number of piperidine rings is 1. The van der Waals surface area contributed by atoms with Crippen molar-refractivity contribution >= 4 is 5.95 Å². The second-order valence-electron chi connectivity index (χ2n) is 4.86. The first-order valence-electron chi connectivity index (χ1n) is 6.54. The number of hydrogen-bond donors (Lipinski definition) is 2. The van der Waals surface area contributed by atoms with Gasteiger partial charge in [-0.3, -0.25) is 5.10 Å². The number of aromatic amines is 1. The Bertz CT molecular complexity index is 540. The Labute approximate surface area is 111 Å². The van der Waals surface area contributed by atoms with Crippen LogP contribution in [0.3, 0.4) is 0 Å². The summed E-state index contributed by atoms with van der Waals surface area (Å²) >= 11 is 0. The van der Waals surface area contributed by atoms with Crippen LogP contribution < -0.4 is 10.2 Å². The van der Waals surface area contributed by atoms with Crippen LogP contribution in [-0.4, -0.2) is 46.5 Å². The summed E-state index contributed by atoms with van der Waals surface area (Å²) in [5.74, 6) is 2.16. The highest BCUT2D eigenvalue weighted by Gasteiger charge is 2.21. The highest BCUT2D eigenvalue weighted by Crippen LogP contribution is 2.20. The molecule has 2 aromatic rings. The average molecular weight is 262 g/mol. The van der Waals surface area contributed by atoms with E-state index >= 15 is 0 Å². The van der Waals surface area contributed by atoms with E-state index in [1.807, 2.05) is 20.0 Å². The third-order valence-electron chi connectivity index (χ3n) is 3.53. The molecule has 0 bridgehead atoms. The van der Waals surface area contributed by atoms with Crippen molar-refractivity contribution in [3.8, 4) is 11.5 Å². The minimum Gasteiger partial charge on any atom is -0.361 e. The highest BCUT2D eigenvalue weighted by atomic mass is 16.5. The molecule has 2 aromatic heterocycles. The molecular formula is C12H18N6O. The maximum atomic E-state index is 5.04. The minimum absolute atomic E-state index is 0.604. The second-order valence-corrected chi connectivity index (χ2v) is 4.86. The topological polar surface area (TPSA) is 82.9 Å². The van der Waals surface area contributed by atoms with E-state index in [0.29, 0.717) is 17.6 Å². The number of rotatable bonds is 3. The molecule has 3 rings (SSSR count). The van der Waals surface area contributed by atoms with Gasteiger partial charge in [-0.2, -0.15) is 4.98 Å². The summed E-state index contributed by atoms with van der Waals surface area (Å²) in [6.07, 6.45) is 2.23. The van der Waals surface area contributed by atoms with Crippen molar-refractivity contribution in [1.29, 1.82) is 0 Å². The second kappa shape index (κ2) is 5.00. The van der Waals surface area contributed by atoms with Gasteiger partial charge in [-0.25, -0.2) is 0 Å². The molecule has 102 valence electrons. The summed E-state index contributed by atoms with van der Waals surface area (Å²) in [4.78, 5) is 6.68. The molecular weight excluding hydrogens is 244 g/mol. The van der Waals surface area contributed by atoms with Gasteiger partial charge in [-0.1, -0.05) is 5.16 Å². The maximum Gasteiger partial charge on any atom is 0.245 e. The first-order valence-corrected chi connectivity index (χ1v) is 6.54. The van der Waals surface area contributed by atoms with Crippen LogP contribution in [0.4, 0.5) is 5.95 Å². The van der Waals surface area contributed by atoms with Gasteiger partial charge < -0.3 is 14.7 Å². The van der Waals surface area contributed by atoms with E-state index < -0.39 is 0 Å².